The summed E-state index contributed by atoms with van der Waals surface area (Å²) in [6.45, 7) is 0. The summed E-state index contributed by atoms with van der Waals surface area (Å²) < 4.78 is 1.94. The lowest BCUT2D eigenvalue weighted by molar-refractivity contribution is -0.0215. The highest BCUT2D eigenvalue weighted by Gasteiger charge is 2.45. The van der Waals surface area contributed by atoms with Crippen molar-refractivity contribution in [1.82, 2.24) is 14.9 Å². The van der Waals surface area contributed by atoms with E-state index in [0.717, 1.165) is 18.7 Å². The van der Waals surface area contributed by atoms with E-state index in [1.54, 1.807) is 6.20 Å². The van der Waals surface area contributed by atoms with Crippen LogP contribution in [-0.4, -0.2) is 26.7 Å². The minimum absolute atomic E-state index is 0.477. The smallest absolute Gasteiger partial charge is 0.140 e. The van der Waals surface area contributed by atoms with Crippen molar-refractivity contribution in [2.45, 2.75) is 43.4 Å². The number of hydrogen-bond acceptors (Lipinski definition) is 3. The maximum atomic E-state index is 10.7. The molecule has 2 fully saturated rings. The van der Waals surface area contributed by atoms with Gasteiger partial charge in [-0.15, -0.1) is 0 Å². The molecular weight excluding hydrogens is 190 g/mol. The molecule has 2 aliphatic heterocycles. The fourth-order valence-corrected chi connectivity index (χ4v) is 3.12. The average Bonchev–Trinajstić information content (AvgIpc) is 2.73. The summed E-state index contributed by atoms with van der Waals surface area (Å²) in [5, 5.41) is 14.2. The van der Waals surface area contributed by atoms with E-state index in [1.807, 2.05) is 17.8 Å². The van der Waals surface area contributed by atoms with Crippen LogP contribution in [0, 0.1) is 0 Å². The highest BCUT2D eigenvalue weighted by atomic mass is 16.3. The Hall–Kier alpha value is -0.870. The molecule has 3 heterocycles. The second-order valence-corrected chi connectivity index (χ2v) is 4.94. The number of fused-ring (bicyclic) bond motifs is 2. The summed E-state index contributed by atoms with van der Waals surface area (Å²) in [6.07, 6.45) is 7.64. The monoisotopic (exact) mass is 207 g/mol. The molecule has 0 radical (unpaired) electrons. The summed E-state index contributed by atoms with van der Waals surface area (Å²) in [5.41, 5.74) is -0.713. The van der Waals surface area contributed by atoms with Gasteiger partial charge in [-0.25, -0.2) is 4.98 Å². The van der Waals surface area contributed by atoms with Crippen molar-refractivity contribution in [1.29, 1.82) is 0 Å². The third-order valence-electron chi connectivity index (χ3n) is 3.74. The number of nitrogens with one attached hydrogen (secondary N) is 1. The zero-order valence-corrected chi connectivity index (χ0v) is 8.98. The normalized spacial score (nSPS) is 39.6. The summed E-state index contributed by atoms with van der Waals surface area (Å²) in [5.74, 6) is 0.820. The number of nitrogens with zero attached hydrogens (tertiary/aromatic N) is 2. The van der Waals surface area contributed by atoms with Gasteiger partial charge in [0.25, 0.3) is 0 Å². The van der Waals surface area contributed by atoms with E-state index in [9.17, 15) is 5.11 Å². The molecule has 2 bridgehead atoms. The standard InChI is InChI=1S/C11H17N3O/c1-14-5-4-12-10(14)11(15)6-8-2-3-9(7-11)13-8/h4-5,8-9,13,15H,2-3,6-7H2,1H3/t8-,9+,11+. The molecule has 15 heavy (non-hydrogen) atoms. The zero-order chi connectivity index (χ0) is 10.5. The number of imidazole rings is 1. The molecule has 1 aromatic rings. The molecule has 2 saturated heterocycles. The lowest BCUT2D eigenvalue weighted by atomic mass is 9.87. The minimum Gasteiger partial charge on any atom is -0.382 e. The molecule has 2 N–H and O–H groups in total. The fraction of sp³-hybridized carbons (Fsp3) is 0.727. The molecule has 1 aromatic heterocycles. The molecular formula is C11H17N3O. The molecule has 0 spiro atoms. The van der Waals surface area contributed by atoms with Crippen molar-refractivity contribution < 1.29 is 5.11 Å². The Morgan fingerprint density at radius 3 is 2.67 bits per heavy atom. The zero-order valence-electron chi connectivity index (χ0n) is 8.98. The fourth-order valence-electron chi connectivity index (χ4n) is 3.12. The minimum atomic E-state index is -0.713. The third kappa shape index (κ3) is 1.40. The number of aromatic nitrogens is 2. The van der Waals surface area contributed by atoms with Crippen molar-refractivity contribution in [3.63, 3.8) is 0 Å². The van der Waals surface area contributed by atoms with Gasteiger partial charge in [0, 0.05) is 31.5 Å². The van der Waals surface area contributed by atoms with Crippen LogP contribution in [-0.2, 0) is 12.6 Å². The Kier molecular flexibility index (Phi) is 1.91. The van der Waals surface area contributed by atoms with E-state index >= 15 is 0 Å². The molecule has 0 aliphatic carbocycles. The van der Waals surface area contributed by atoms with Crippen molar-refractivity contribution in [3.8, 4) is 0 Å². The molecule has 2 aliphatic rings. The Morgan fingerprint density at radius 2 is 2.13 bits per heavy atom. The molecule has 82 valence electrons. The maximum Gasteiger partial charge on any atom is 0.140 e. The van der Waals surface area contributed by atoms with Crippen molar-refractivity contribution >= 4 is 0 Å². The summed E-state index contributed by atoms with van der Waals surface area (Å²) in [4.78, 5) is 4.29. The summed E-state index contributed by atoms with van der Waals surface area (Å²) in [6, 6.07) is 0.955. The van der Waals surface area contributed by atoms with Crippen LogP contribution in [0.25, 0.3) is 0 Å². The first kappa shape index (κ1) is 9.36. The Balaban J connectivity index is 1.94. The molecule has 3 atom stereocenters. The van der Waals surface area contributed by atoms with Gasteiger partial charge in [-0.2, -0.15) is 0 Å². The van der Waals surface area contributed by atoms with Gasteiger partial charge in [0.05, 0.1) is 0 Å². The van der Waals surface area contributed by atoms with E-state index in [0.29, 0.717) is 12.1 Å². The number of piperidine rings is 1. The van der Waals surface area contributed by atoms with Crippen molar-refractivity contribution in [2.24, 2.45) is 7.05 Å². The maximum absolute atomic E-state index is 10.7. The van der Waals surface area contributed by atoms with E-state index in [2.05, 4.69) is 10.3 Å². The van der Waals surface area contributed by atoms with Crippen molar-refractivity contribution in [2.75, 3.05) is 0 Å². The summed E-state index contributed by atoms with van der Waals surface area (Å²) in [7, 11) is 1.95. The highest BCUT2D eigenvalue weighted by Crippen LogP contribution is 2.39. The molecule has 4 heteroatoms. The van der Waals surface area contributed by atoms with Gasteiger partial charge in [-0.05, 0) is 25.7 Å². The van der Waals surface area contributed by atoms with E-state index in [4.69, 9.17) is 0 Å². The first-order valence-corrected chi connectivity index (χ1v) is 5.64. The molecule has 0 amide bonds. The number of aliphatic hydroxyl groups is 1. The van der Waals surface area contributed by atoms with Crippen LogP contribution in [0.2, 0.25) is 0 Å². The van der Waals surface area contributed by atoms with Crippen LogP contribution in [0.3, 0.4) is 0 Å². The first-order valence-electron chi connectivity index (χ1n) is 5.64. The second-order valence-electron chi connectivity index (χ2n) is 4.94. The molecule has 0 unspecified atom stereocenters. The van der Waals surface area contributed by atoms with Crippen LogP contribution in [0.5, 0.6) is 0 Å². The first-order chi connectivity index (χ1) is 7.17. The number of rotatable bonds is 1. The van der Waals surface area contributed by atoms with Gasteiger partial charge in [0.15, 0.2) is 0 Å². The van der Waals surface area contributed by atoms with Gasteiger partial charge in [0.1, 0.15) is 11.4 Å². The predicted molar refractivity (Wildman–Crippen MR) is 56.3 cm³/mol. The lowest BCUT2D eigenvalue weighted by Gasteiger charge is -2.36. The quantitative estimate of drug-likeness (QED) is 0.706. The Morgan fingerprint density at radius 1 is 1.47 bits per heavy atom. The topological polar surface area (TPSA) is 50.1 Å². The third-order valence-corrected chi connectivity index (χ3v) is 3.74. The Bertz CT molecular complexity index is 362. The molecule has 0 aromatic carbocycles. The van der Waals surface area contributed by atoms with Gasteiger partial charge >= 0.3 is 0 Å². The van der Waals surface area contributed by atoms with Crippen molar-refractivity contribution in [3.05, 3.63) is 18.2 Å². The van der Waals surface area contributed by atoms with E-state index < -0.39 is 5.60 Å². The SMILES string of the molecule is Cn1ccnc1[C@]1(O)C[C@H]2CC[C@@H](C1)N2. The number of hydrogen-bond donors (Lipinski definition) is 2. The lowest BCUT2D eigenvalue weighted by Crippen LogP contribution is -2.47. The van der Waals surface area contributed by atoms with E-state index in [-0.39, 0.29) is 0 Å². The van der Waals surface area contributed by atoms with Gasteiger partial charge in [-0.3, -0.25) is 0 Å². The average molecular weight is 207 g/mol. The molecule has 3 rings (SSSR count). The van der Waals surface area contributed by atoms with E-state index in [1.165, 1.54) is 12.8 Å². The molecule has 0 saturated carbocycles. The van der Waals surface area contributed by atoms with Crippen LogP contribution in [0.15, 0.2) is 12.4 Å². The Labute approximate surface area is 89.3 Å². The van der Waals surface area contributed by atoms with Crippen LogP contribution in [0.4, 0.5) is 0 Å². The van der Waals surface area contributed by atoms with Gasteiger partial charge in [-0.1, -0.05) is 0 Å². The van der Waals surface area contributed by atoms with Gasteiger partial charge < -0.3 is 15.0 Å². The largest absolute Gasteiger partial charge is 0.382 e. The summed E-state index contributed by atoms with van der Waals surface area (Å²) >= 11 is 0. The predicted octanol–water partition coefficient (Wildman–Crippen LogP) is 0.522. The second kappa shape index (κ2) is 3.06. The van der Waals surface area contributed by atoms with Crippen LogP contribution in [0.1, 0.15) is 31.5 Å². The molecule has 4 nitrogen and oxygen atoms in total. The number of aryl methyl sites for hydroxylation is 1. The van der Waals surface area contributed by atoms with Crippen LogP contribution >= 0.6 is 0 Å². The van der Waals surface area contributed by atoms with Gasteiger partial charge in [0.2, 0.25) is 0 Å². The van der Waals surface area contributed by atoms with Crippen LogP contribution < -0.4 is 5.32 Å². The highest BCUT2D eigenvalue weighted by molar-refractivity contribution is 5.11.